The van der Waals surface area contributed by atoms with Crippen molar-refractivity contribution in [2.75, 3.05) is 23.3 Å². The normalized spacial score (nSPS) is 13.5. The number of nitrogens with one attached hydrogen (secondary N) is 2. The molecule has 0 aromatic heterocycles. The van der Waals surface area contributed by atoms with Crippen molar-refractivity contribution in [2.45, 2.75) is 6.54 Å². The minimum absolute atomic E-state index is 0.151. The van der Waals surface area contributed by atoms with Crippen molar-refractivity contribution in [1.82, 2.24) is 5.32 Å². The molecule has 2 aromatic rings. The Labute approximate surface area is 143 Å². The summed E-state index contributed by atoms with van der Waals surface area (Å²) in [6.45, 7) is 1.40. The van der Waals surface area contributed by atoms with E-state index in [-0.39, 0.29) is 18.1 Å². The first-order chi connectivity index (χ1) is 11.6. The molecular weight excluding hydrogens is 331 g/mol. The molecule has 0 bridgehead atoms. The zero-order valence-electron chi connectivity index (χ0n) is 12.6. The third kappa shape index (κ3) is 3.26. The SMILES string of the molecule is N#Cc1ccc(CNc2cc(N3CCNC3=O)ccc2Cl)c(F)c1. The van der Waals surface area contributed by atoms with Crippen LogP contribution < -0.4 is 15.5 Å². The molecule has 1 aliphatic rings. The van der Waals surface area contributed by atoms with Gasteiger partial charge in [0.15, 0.2) is 0 Å². The maximum absolute atomic E-state index is 13.9. The van der Waals surface area contributed by atoms with Crippen LogP contribution in [0.15, 0.2) is 36.4 Å². The van der Waals surface area contributed by atoms with Gasteiger partial charge in [-0.2, -0.15) is 5.26 Å². The lowest BCUT2D eigenvalue weighted by molar-refractivity contribution is 0.252. The Balaban J connectivity index is 1.78. The van der Waals surface area contributed by atoms with Crippen LogP contribution in [0.3, 0.4) is 0 Å². The number of anilines is 2. The van der Waals surface area contributed by atoms with E-state index in [1.54, 1.807) is 35.2 Å². The smallest absolute Gasteiger partial charge is 0.321 e. The van der Waals surface area contributed by atoms with E-state index >= 15 is 0 Å². The molecule has 2 aromatic carbocycles. The predicted molar refractivity (Wildman–Crippen MR) is 90.6 cm³/mol. The van der Waals surface area contributed by atoms with Crippen molar-refractivity contribution in [3.63, 3.8) is 0 Å². The van der Waals surface area contributed by atoms with Crippen LogP contribution in [0.1, 0.15) is 11.1 Å². The van der Waals surface area contributed by atoms with Crippen LogP contribution in [0.25, 0.3) is 0 Å². The molecule has 1 heterocycles. The van der Waals surface area contributed by atoms with Crippen LogP contribution in [-0.2, 0) is 6.54 Å². The monoisotopic (exact) mass is 344 g/mol. The van der Waals surface area contributed by atoms with Crippen LogP contribution in [0.5, 0.6) is 0 Å². The summed E-state index contributed by atoms with van der Waals surface area (Å²) in [5, 5.41) is 15.1. The van der Waals surface area contributed by atoms with Crippen LogP contribution in [0.2, 0.25) is 5.02 Å². The molecular formula is C17H14ClFN4O. The van der Waals surface area contributed by atoms with Crippen molar-refractivity contribution in [3.8, 4) is 6.07 Å². The minimum Gasteiger partial charge on any atom is -0.380 e. The van der Waals surface area contributed by atoms with E-state index in [2.05, 4.69) is 10.6 Å². The first-order valence-corrected chi connectivity index (χ1v) is 7.73. The van der Waals surface area contributed by atoms with Crippen LogP contribution in [-0.4, -0.2) is 19.1 Å². The van der Waals surface area contributed by atoms with Gasteiger partial charge in [-0.3, -0.25) is 4.90 Å². The number of nitriles is 1. The van der Waals surface area contributed by atoms with Crippen LogP contribution >= 0.6 is 11.6 Å². The van der Waals surface area contributed by atoms with Gasteiger partial charge in [0.25, 0.3) is 0 Å². The average Bonchev–Trinajstić information content (AvgIpc) is 3.01. The van der Waals surface area contributed by atoms with Crippen molar-refractivity contribution in [1.29, 1.82) is 5.26 Å². The molecule has 0 atom stereocenters. The van der Waals surface area contributed by atoms with Gasteiger partial charge >= 0.3 is 6.03 Å². The van der Waals surface area contributed by atoms with Gasteiger partial charge in [-0.15, -0.1) is 0 Å². The number of hydrogen-bond donors (Lipinski definition) is 2. The average molecular weight is 345 g/mol. The Morgan fingerprint density at radius 1 is 1.33 bits per heavy atom. The molecule has 1 fully saturated rings. The van der Waals surface area contributed by atoms with Crippen molar-refractivity contribution < 1.29 is 9.18 Å². The number of carbonyl (C=O) groups is 1. The van der Waals surface area contributed by atoms with Crippen molar-refractivity contribution >= 4 is 29.0 Å². The fraction of sp³-hybridized carbons (Fsp3) is 0.176. The third-order valence-corrected chi connectivity index (χ3v) is 4.10. The lowest BCUT2D eigenvalue weighted by atomic mass is 10.1. The van der Waals surface area contributed by atoms with Gasteiger partial charge in [-0.05, 0) is 30.3 Å². The Kier molecular flexibility index (Phi) is 4.54. The first kappa shape index (κ1) is 16.1. The molecule has 122 valence electrons. The lowest BCUT2D eigenvalue weighted by Crippen LogP contribution is -2.27. The summed E-state index contributed by atoms with van der Waals surface area (Å²) in [4.78, 5) is 13.4. The number of benzene rings is 2. The number of rotatable bonds is 4. The van der Waals surface area contributed by atoms with Crippen LogP contribution in [0.4, 0.5) is 20.6 Å². The highest BCUT2D eigenvalue weighted by Gasteiger charge is 2.21. The van der Waals surface area contributed by atoms with Gasteiger partial charge in [0, 0.05) is 30.9 Å². The molecule has 2 N–H and O–H groups in total. The molecule has 2 amide bonds. The molecule has 1 aliphatic heterocycles. The summed E-state index contributed by atoms with van der Waals surface area (Å²) in [5.41, 5.74) is 2.03. The van der Waals surface area contributed by atoms with Crippen molar-refractivity contribution in [3.05, 3.63) is 58.4 Å². The van der Waals surface area contributed by atoms with Gasteiger partial charge in [-0.25, -0.2) is 9.18 Å². The summed E-state index contributed by atoms with van der Waals surface area (Å²) >= 11 is 6.17. The van der Waals surface area contributed by atoms with E-state index in [4.69, 9.17) is 16.9 Å². The lowest BCUT2D eigenvalue weighted by Gasteiger charge is -2.17. The highest BCUT2D eigenvalue weighted by Crippen LogP contribution is 2.29. The second kappa shape index (κ2) is 6.77. The Bertz CT molecular complexity index is 834. The highest BCUT2D eigenvalue weighted by molar-refractivity contribution is 6.33. The third-order valence-electron chi connectivity index (χ3n) is 3.77. The van der Waals surface area contributed by atoms with E-state index in [0.29, 0.717) is 29.4 Å². The zero-order chi connectivity index (χ0) is 17.1. The molecule has 0 aliphatic carbocycles. The molecule has 0 saturated carbocycles. The van der Waals surface area contributed by atoms with E-state index in [9.17, 15) is 9.18 Å². The summed E-state index contributed by atoms with van der Waals surface area (Å²) < 4.78 is 13.9. The number of carbonyl (C=O) groups excluding carboxylic acids is 1. The number of nitrogens with zero attached hydrogens (tertiary/aromatic N) is 2. The fourth-order valence-corrected chi connectivity index (χ4v) is 2.67. The maximum atomic E-state index is 13.9. The highest BCUT2D eigenvalue weighted by atomic mass is 35.5. The second-order valence-electron chi connectivity index (χ2n) is 5.32. The Morgan fingerprint density at radius 2 is 2.17 bits per heavy atom. The summed E-state index contributed by atoms with van der Waals surface area (Å²) in [5.74, 6) is -0.451. The topological polar surface area (TPSA) is 68.2 Å². The van der Waals surface area contributed by atoms with Crippen molar-refractivity contribution in [2.24, 2.45) is 0 Å². The molecule has 7 heteroatoms. The summed E-state index contributed by atoms with van der Waals surface area (Å²) in [7, 11) is 0. The Morgan fingerprint density at radius 3 is 2.83 bits per heavy atom. The Hall–Kier alpha value is -2.78. The largest absolute Gasteiger partial charge is 0.380 e. The molecule has 0 radical (unpaired) electrons. The first-order valence-electron chi connectivity index (χ1n) is 7.36. The van der Waals surface area contributed by atoms with Gasteiger partial charge in [-0.1, -0.05) is 17.7 Å². The molecule has 3 rings (SSSR count). The fourth-order valence-electron chi connectivity index (χ4n) is 2.49. The quantitative estimate of drug-likeness (QED) is 0.892. The summed E-state index contributed by atoms with van der Waals surface area (Å²) in [6, 6.07) is 11.3. The maximum Gasteiger partial charge on any atom is 0.321 e. The zero-order valence-corrected chi connectivity index (χ0v) is 13.4. The predicted octanol–water partition coefficient (Wildman–Crippen LogP) is 3.49. The number of urea groups is 1. The van der Waals surface area contributed by atoms with E-state index in [0.717, 1.165) is 5.69 Å². The molecule has 5 nitrogen and oxygen atoms in total. The van der Waals surface area contributed by atoms with Gasteiger partial charge in [0.1, 0.15) is 5.82 Å². The molecule has 0 spiro atoms. The van der Waals surface area contributed by atoms with Gasteiger partial charge in [0.2, 0.25) is 0 Å². The molecule has 0 unspecified atom stereocenters. The van der Waals surface area contributed by atoms with Gasteiger partial charge < -0.3 is 10.6 Å². The minimum atomic E-state index is -0.451. The van der Waals surface area contributed by atoms with Crippen LogP contribution in [0, 0.1) is 17.1 Å². The number of amides is 2. The molecule has 24 heavy (non-hydrogen) atoms. The van der Waals surface area contributed by atoms with E-state index in [1.165, 1.54) is 6.07 Å². The van der Waals surface area contributed by atoms with Gasteiger partial charge in [0.05, 0.1) is 22.3 Å². The summed E-state index contributed by atoms with van der Waals surface area (Å²) in [6.07, 6.45) is 0. The van der Waals surface area contributed by atoms with E-state index in [1.807, 2.05) is 6.07 Å². The van der Waals surface area contributed by atoms with E-state index < -0.39 is 5.82 Å². The number of hydrogen-bond acceptors (Lipinski definition) is 3. The second-order valence-corrected chi connectivity index (χ2v) is 5.73. The molecule has 1 saturated heterocycles. The standard InChI is InChI=1S/C17H14ClFN4O/c18-14-4-3-13(23-6-5-21-17(23)24)8-16(14)22-10-12-2-1-11(9-20)7-15(12)19/h1-4,7-8,22H,5-6,10H2,(H,21,24). The number of halogens is 2.